The number of methoxy groups -OCH3 is 1. The Hall–Kier alpha value is -1.79. The first-order valence-electron chi connectivity index (χ1n) is 8.29. The van der Waals surface area contributed by atoms with E-state index in [1.807, 2.05) is 51.0 Å². The molecule has 134 valence electrons. The molecule has 0 aromatic heterocycles. The van der Waals surface area contributed by atoms with Crippen LogP contribution in [0.1, 0.15) is 25.5 Å². The second kappa shape index (κ2) is 7.85. The maximum Gasteiger partial charge on any atom is 0.317 e. The van der Waals surface area contributed by atoms with Crippen molar-refractivity contribution in [1.82, 2.24) is 15.1 Å². The lowest BCUT2D eigenvalue weighted by molar-refractivity contribution is -0.0734. The lowest BCUT2D eigenvalue weighted by Gasteiger charge is -2.38. The van der Waals surface area contributed by atoms with Gasteiger partial charge in [0, 0.05) is 13.1 Å². The number of nitrogens with one attached hydrogen (secondary N) is 1. The van der Waals surface area contributed by atoms with Gasteiger partial charge in [0.15, 0.2) is 0 Å². The minimum absolute atomic E-state index is 0.0406. The number of likely N-dealkylation sites (N-methyl/N-ethyl adjacent to an activating group) is 1. The lowest BCUT2D eigenvalue weighted by atomic mass is 10.1. The van der Waals surface area contributed by atoms with E-state index >= 15 is 0 Å². The number of hydrogen-bond donors (Lipinski definition) is 1. The highest BCUT2D eigenvalue weighted by Crippen LogP contribution is 2.22. The Labute approximate surface area is 144 Å². The van der Waals surface area contributed by atoms with E-state index in [4.69, 9.17) is 9.47 Å². The molecule has 1 saturated heterocycles. The number of carbonyl (C=O) groups is 1. The molecule has 1 aliphatic heterocycles. The van der Waals surface area contributed by atoms with Gasteiger partial charge >= 0.3 is 6.03 Å². The zero-order valence-electron chi connectivity index (χ0n) is 15.3. The summed E-state index contributed by atoms with van der Waals surface area (Å²) in [5, 5.41) is 3.06. The summed E-state index contributed by atoms with van der Waals surface area (Å²) in [5.41, 5.74) is 0.825. The molecule has 1 aromatic carbocycles. The second-order valence-electron chi connectivity index (χ2n) is 6.97. The summed E-state index contributed by atoms with van der Waals surface area (Å²) in [7, 11) is 5.67. The molecule has 0 aliphatic carbocycles. The van der Waals surface area contributed by atoms with E-state index in [0.717, 1.165) is 11.3 Å². The molecule has 1 unspecified atom stereocenters. The highest BCUT2D eigenvalue weighted by molar-refractivity contribution is 5.74. The first-order valence-corrected chi connectivity index (χ1v) is 8.29. The molecule has 6 heteroatoms. The first kappa shape index (κ1) is 18.5. The standard InChI is InChI=1S/C18H29N3O3/c1-18(2)13-21(9-10-24-18)17(22)19-12-16(20(3)4)14-7-6-8-15(11-14)23-5/h6-8,11,16H,9-10,12-13H2,1-5H3,(H,19,22). The minimum Gasteiger partial charge on any atom is -0.497 e. The van der Waals surface area contributed by atoms with Crippen molar-refractivity contribution >= 4 is 6.03 Å². The zero-order chi connectivity index (χ0) is 17.7. The van der Waals surface area contributed by atoms with E-state index in [1.54, 1.807) is 7.11 Å². The number of morpholine rings is 1. The summed E-state index contributed by atoms with van der Waals surface area (Å²) in [4.78, 5) is 16.4. The van der Waals surface area contributed by atoms with E-state index in [2.05, 4.69) is 16.3 Å². The topological polar surface area (TPSA) is 54.0 Å². The Morgan fingerprint density at radius 2 is 2.21 bits per heavy atom. The van der Waals surface area contributed by atoms with Crippen LogP contribution in [0.5, 0.6) is 5.75 Å². The third kappa shape index (κ3) is 4.85. The Balaban J connectivity index is 1.99. The number of urea groups is 1. The van der Waals surface area contributed by atoms with Crippen LogP contribution in [-0.2, 0) is 4.74 Å². The number of ether oxygens (including phenoxy) is 2. The molecule has 1 aromatic rings. The average molecular weight is 335 g/mol. The molecule has 0 radical (unpaired) electrons. The van der Waals surface area contributed by atoms with Gasteiger partial charge in [0.05, 0.1) is 31.9 Å². The SMILES string of the molecule is COc1cccc(C(CNC(=O)N2CCOC(C)(C)C2)N(C)C)c1. The molecule has 2 amide bonds. The van der Waals surface area contributed by atoms with Crippen molar-refractivity contribution in [2.24, 2.45) is 0 Å². The van der Waals surface area contributed by atoms with E-state index in [0.29, 0.717) is 26.2 Å². The molecule has 0 saturated carbocycles. The van der Waals surface area contributed by atoms with Crippen LogP contribution in [-0.4, -0.2) is 68.9 Å². The normalized spacial score (nSPS) is 18.3. The van der Waals surface area contributed by atoms with Crippen molar-refractivity contribution in [3.63, 3.8) is 0 Å². The summed E-state index contributed by atoms with van der Waals surface area (Å²) in [6, 6.07) is 7.99. The Morgan fingerprint density at radius 3 is 2.83 bits per heavy atom. The fraction of sp³-hybridized carbons (Fsp3) is 0.611. The largest absolute Gasteiger partial charge is 0.497 e. The van der Waals surface area contributed by atoms with E-state index in [1.165, 1.54) is 0 Å². The monoisotopic (exact) mass is 335 g/mol. The quantitative estimate of drug-likeness (QED) is 0.895. The van der Waals surface area contributed by atoms with Gasteiger partial charge in [0.1, 0.15) is 5.75 Å². The number of carbonyl (C=O) groups excluding carboxylic acids is 1. The van der Waals surface area contributed by atoms with Crippen LogP contribution in [0, 0.1) is 0 Å². The van der Waals surface area contributed by atoms with E-state index in [-0.39, 0.29) is 17.7 Å². The number of amides is 2. The average Bonchev–Trinajstić information content (AvgIpc) is 2.53. The van der Waals surface area contributed by atoms with Crippen LogP contribution in [0.3, 0.4) is 0 Å². The third-order valence-corrected chi connectivity index (χ3v) is 4.26. The molecule has 1 atom stereocenters. The fourth-order valence-electron chi connectivity index (χ4n) is 2.93. The summed E-state index contributed by atoms with van der Waals surface area (Å²) < 4.78 is 11.0. The van der Waals surface area contributed by atoms with Crippen molar-refractivity contribution in [2.45, 2.75) is 25.5 Å². The number of rotatable bonds is 5. The van der Waals surface area contributed by atoms with Crippen molar-refractivity contribution in [2.75, 3.05) is 47.4 Å². The molecule has 24 heavy (non-hydrogen) atoms. The Morgan fingerprint density at radius 1 is 1.46 bits per heavy atom. The predicted molar refractivity (Wildman–Crippen MR) is 94.4 cm³/mol. The highest BCUT2D eigenvalue weighted by Gasteiger charge is 2.30. The van der Waals surface area contributed by atoms with E-state index < -0.39 is 0 Å². The van der Waals surface area contributed by atoms with E-state index in [9.17, 15) is 4.79 Å². The summed E-state index contributed by atoms with van der Waals surface area (Å²) >= 11 is 0. The van der Waals surface area contributed by atoms with Gasteiger partial charge in [-0.15, -0.1) is 0 Å². The van der Waals surface area contributed by atoms with Gasteiger partial charge < -0.3 is 24.6 Å². The third-order valence-electron chi connectivity index (χ3n) is 4.26. The van der Waals surface area contributed by atoms with Gasteiger partial charge in [0.25, 0.3) is 0 Å². The van der Waals surface area contributed by atoms with Crippen LogP contribution >= 0.6 is 0 Å². The smallest absolute Gasteiger partial charge is 0.317 e. The van der Waals surface area contributed by atoms with Crippen LogP contribution < -0.4 is 10.1 Å². The Kier molecular flexibility index (Phi) is 6.07. The van der Waals surface area contributed by atoms with Crippen molar-refractivity contribution in [3.05, 3.63) is 29.8 Å². The first-order chi connectivity index (χ1) is 11.3. The number of nitrogens with zero attached hydrogens (tertiary/aromatic N) is 2. The highest BCUT2D eigenvalue weighted by atomic mass is 16.5. The van der Waals surface area contributed by atoms with Crippen molar-refractivity contribution in [1.29, 1.82) is 0 Å². The van der Waals surface area contributed by atoms with Crippen LogP contribution in [0.15, 0.2) is 24.3 Å². The van der Waals surface area contributed by atoms with Gasteiger partial charge in [-0.25, -0.2) is 4.79 Å². The summed E-state index contributed by atoms with van der Waals surface area (Å²) in [6.45, 7) is 6.35. The molecule has 6 nitrogen and oxygen atoms in total. The van der Waals surface area contributed by atoms with Crippen LogP contribution in [0.25, 0.3) is 0 Å². The molecular formula is C18H29N3O3. The van der Waals surface area contributed by atoms with Crippen LogP contribution in [0.4, 0.5) is 4.79 Å². The molecule has 1 aliphatic rings. The predicted octanol–water partition coefficient (Wildman–Crippen LogP) is 2.12. The van der Waals surface area contributed by atoms with Gasteiger partial charge in [-0.1, -0.05) is 12.1 Å². The van der Waals surface area contributed by atoms with Gasteiger partial charge in [-0.2, -0.15) is 0 Å². The number of hydrogen-bond acceptors (Lipinski definition) is 4. The molecule has 1 fully saturated rings. The molecular weight excluding hydrogens is 306 g/mol. The summed E-state index contributed by atoms with van der Waals surface area (Å²) in [6.07, 6.45) is 0. The lowest BCUT2D eigenvalue weighted by Crippen LogP contribution is -2.54. The Bertz CT molecular complexity index is 560. The van der Waals surface area contributed by atoms with Crippen molar-refractivity contribution < 1.29 is 14.3 Å². The zero-order valence-corrected chi connectivity index (χ0v) is 15.3. The van der Waals surface area contributed by atoms with Gasteiger partial charge in [-0.05, 0) is 45.6 Å². The second-order valence-corrected chi connectivity index (χ2v) is 6.97. The van der Waals surface area contributed by atoms with Crippen LogP contribution in [0.2, 0.25) is 0 Å². The fourth-order valence-corrected chi connectivity index (χ4v) is 2.93. The maximum atomic E-state index is 12.5. The molecule has 1 N–H and O–H groups in total. The maximum absolute atomic E-state index is 12.5. The molecule has 2 rings (SSSR count). The minimum atomic E-state index is -0.288. The van der Waals surface area contributed by atoms with Crippen molar-refractivity contribution in [3.8, 4) is 5.75 Å². The van der Waals surface area contributed by atoms with Gasteiger partial charge in [-0.3, -0.25) is 0 Å². The molecule has 0 bridgehead atoms. The molecule has 0 spiro atoms. The number of benzene rings is 1. The summed E-state index contributed by atoms with van der Waals surface area (Å²) in [5.74, 6) is 0.820. The molecule has 1 heterocycles. The van der Waals surface area contributed by atoms with Gasteiger partial charge in [0.2, 0.25) is 0 Å².